The Kier molecular flexibility index (Phi) is 6.27. The predicted molar refractivity (Wildman–Crippen MR) is 125 cm³/mol. The van der Waals surface area contributed by atoms with Crippen molar-refractivity contribution in [3.8, 4) is 11.4 Å². The number of ether oxygens (including phenoxy) is 1. The number of hydrogen-bond acceptors (Lipinski definition) is 6. The Morgan fingerprint density at radius 2 is 2.19 bits per heavy atom. The van der Waals surface area contributed by atoms with Gasteiger partial charge < -0.3 is 15.0 Å². The highest BCUT2D eigenvalue weighted by Crippen LogP contribution is 2.27. The van der Waals surface area contributed by atoms with Gasteiger partial charge in [0.2, 0.25) is 11.9 Å². The molecule has 31 heavy (non-hydrogen) atoms. The number of piperidine rings is 1. The molecule has 8 heteroatoms. The predicted octanol–water partition coefficient (Wildman–Crippen LogP) is 3.44. The van der Waals surface area contributed by atoms with Crippen LogP contribution >= 0.6 is 11.3 Å². The van der Waals surface area contributed by atoms with Gasteiger partial charge in [-0.25, -0.2) is 9.55 Å². The van der Waals surface area contributed by atoms with Gasteiger partial charge in [0.1, 0.15) is 10.4 Å². The molecule has 1 N–H and O–H groups in total. The first-order chi connectivity index (χ1) is 15.0. The molecule has 0 bridgehead atoms. The number of carbonyl (C=O) groups is 1. The highest BCUT2D eigenvalue weighted by atomic mass is 32.1. The lowest BCUT2D eigenvalue weighted by molar-refractivity contribution is -0.125. The molecule has 1 aliphatic heterocycles. The van der Waals surface area contributed by atoms with Gasteiger partial charge in [-0.1, -0.05) is 19.9 Å². The second-order valence-corrected chi connectivity index (χ2v) is 9.23. The lowest BCUT2D eigenvalue weighted by atomic mass is 9.97. The number of hydrogen-bond donors (Lipinski definition) is 1. The fourth-order valence-corrected chi connectivity index (χ4v) is 4.68. The molecule has 3 heterocycles. The van der Waals surface area contributed by atoms with Gasteiger partial charge in [-0.2, -0.15) is 0 Å². The summed E-state index contributed by atoms with van der Waals surface area (Å²) in [7, 11) is 1.61. The Bertz CT molecular complexity index is 1140. The summed E-state index contributed by atoms with van der Waals surface area (Å²) >= 11 is 1.39. The summed E-state index contributed by atoms with van der Waals surface area (Å²) in [5.41, 5.74) is 1.29. The number of benzene rings is 1. The van der Waals surface area contributed by atoms with E-state index in [2.05, 4.69) is 24.1 Å². The van der Waals surface area contributed by atoms with Crippen LogP contribution in [0.15, 0.2) is 40.5 Å². The fraction of sp³-hybridized carbons (Fsp3) is 0.435. The maximum atomic E-state index is 13.4. The molecule has 0 aliphatic carbocycles. The van der Waals surface area contributed by atoms with E-state index in [1.54, 1.807) is 11.7 Å². The second-order valence-electron chi connectivity index (χ2n) is 8.31. The number of nitrogens with zero attached hydrogens (tertiary/aromatic N) is 3. The molecule has 0 saturated carbocycles. The van der Waals surface area contributed by atoms with E-state index < -0.39 is 0 Å². The molecule has 0 unspecified atom stereocenters. The Morgan fingerprint density at radius 1 is 1.35 bits per heavy atom. The van der Waals surface area contributed by atoms with Gasteiger partial charge in [0.05, 0.1) is 24.2 Å². The molecule has 0 radical (unpaired) electrons. The quantitative estimate of drug-likeness (QED) is 0.635. The molecule has 1 saturated heterocycles. The van der Waals surface area contributed by atoms with Gasteiger partial charge in [0.25, 0.3) is 5.56 Å². The number of fused-ring (bicyclic) bond motifs is 1. The van der Waals surface area contributed by atoms with Gasteiger partial charge in [-0.15, -0.1) is 11.3 Å². The molecule has 1 aromatic carbocycles. The van der Waals surface area contributed by atoms with Crippen LogP contribution < -0.4 is 20.5 Å². The largest absolute Gasteiger partial charge is 0.497 e. The summed E-state index contributed by atoms with van der Waals surface area (Å²) in [6.07, 6.45) is 1.71. The topological polar surface area (TPSA) is 76.5 Å². The van der Waals surface area contributed by atoms with Crippen molar-refractivity contribution in [2.45, 2.75) is 26.7 Å². The molecule has 164 valence electrons. The number of anilines is 1. The average molecular weight is 441 g/mol. The molecule has 1 amide bonds. The Morgan fingerprint density at radius 3 is 2.97 bits per heavy atom. The summed E-state index contributed by atoms with van der Waals surface area (Å²) in [5.74, 6) is 1.60. The van der Waals surface area contributed by atoms with Gasteiger partial charge in [0, 0.05) is 25.7 Å². The summed E-state index contributed by atoms with van der Waals surface area (Å²) in [5, 5.41) is 4.94. The van der Waals surface area contributed by atoms with Crippen molar-refractivity contribution in [3.63, 3.8) is 0 Å². The minimum atomic E-state index is -0.124. The van der Waals surface area contributed by atoms with E-state index in [0.717, 1.165) is 19.4 Å². The summed E-state index contributed by atoms with van der Waals surface area (Å²) < 4.78 is 7.64. The van der Waals surface area contributed by atoms with E-state index in [1.165, 1.54) is 11.3 Å². The number of methoxy groups -OCH3 is 1. The third-order valence-corrected chi connectivity index (χ3v) is 6.42. The highest BCUT2D eigenvalue weighted by Gasteiger charge is 2.29. The number of rotatable bonds is 6. The van der Waals surface area contributed by atoms with Crippen LogP contribution in [0.2, 0.25) is 0 Å². The first kappa shape index (κ1) is 21.4. The smallest absolute Gasteiger partial charge is 0.277 e. The van der Waals surface area contributed by atoms with E-state index in [4.69, 9.17) is 9.72 Å². The van der Waals surface area contributed by atoms with Crippen LogP contribution in [0.3, 0.4) is 0 Å². The second kappa shape index (κ2) is 9.09. The number of nitrogens with one attached hydrogen (secondary N) is 1. The maximum absolute atomic E-state index is 13.4. The summed E-state index contributed by atoms with van der Waals surface area (Å²) in [4.78, 5) is 33.1. The molecular formula is C23H28N4O3S. The monoisotopic (exact) mass is 440 g/mol. The first-order valence-corrected chi connectivity index (χ1v) is 11.5. The van der Waals surface area contributed by atoms with Crippen LogP contribution in [-0.2, 0) is 4.79 Å². The zero-order valence-electron chi connectivity index (χ0n) is 18.1. The Labute approximate surface area is 185 Å². The van der Waals surface area contributed by atoms with Gasteiger partial charge >= 0.3 is 0 Å². The van der Waals surface area contributed by atoms with Crippen molar-refractivity contribution < 1.29 is 9.53 Å². The van der Waals surface area contributed by atoms with Crippen molar-refractivity contribution >= 4 is 33.4 Å². The standard InChI is InChI=1S/C23H28N4O3S/c1-15(2)13-24-21(28)16-6-5-10-26(14-16)23-25-19-9-11-31-20(19)22(29)27(23)17-7-4-8-18(12-17)30-3/h4,7-9,11-12,15-16H,5-6,10,13-14H2,1-3H3,(H,24,28)/t16-/m1/s1. The number of amides is 1. The Balaban J connectivity index is 1.74. The van der Waals surface area contributed by atoms with Crippen molar-refractivity contribution in [3.05, 3.63) is 46.1 Å². The molecule has 1 aliphatic rings. The molecule has 1 fully saturated rings. The highest BCUT2D eigenvalue weighted by molar-refractivity contribution is 7.17. The van der Waals surface area contributed by atoms with Crippen LogP contribution in [0, 0.1) is 11.8 Å². The van der Waals surface area contributed by atoms with Crippen molar-refractivity contribution in [2.75, 3.05) is 31.6 Å². The summed E-state index contributed by atoms with van der Waals surface area (Å²) in [6.45, 7) is 6.12. The maximum Gasteiger partial charge on any atom is 0.277 e. The lowest BCUT2D eigenvalue weighted by Gasteiger charge is -2.34. The van der Waals surface area contributed by atoms with Crippen molar-refractivity contribution in [1.82, 2.24) is 14.9 Å². The van der Waals surface area contributed by atoms with Crippen LogP contribution in [0.5, 0.6) is 5.75 Å². The van der Waals surface area contributed by atoms with Crippen LogP contribution in [0.4, 0.5) is 5.95 Å². The SMILES string of the molecule is COc1cccc(-n2c(N3CCC[C@@H](C(=O)NCC(C)C)C3)nc3ccsc3c2=O)c1. The normalized spacial score (nSPS) is 16.6. The van der Waals surface area contributed by atoms with Crippen LogP contribution in [0.25, 0.3) is 15.9 Å². The third-order valence-electron chi connectivity index (χ3n) is 5.53. The van der Waals surface area contributed by atoms with E-state index in [-0.39, 0.29) is 17.4 Å². The van der Waals surface area contributed by atoms with Crippen molar-refractivity contribution in [1.29, 1.82) is 0 Å². The van der Waals surface area contributed by atoms with E-state index in [0.29, 0.717) is 46.6 Å². The third kappa shape index (κ3) is 4.44. The molecular weight excluding hydrogens is 412 g/mol. The van der Waals surface area contributed by atoms with E-state index in [9.17, 15) is 9.59 Å². The number of thiophene rings is 1. The lowest BCUT2D eigenvalue weighted by Crippen LogP contribution is -2.45. The fourth-order valence-electron chi connectivity index (χ4n) is 3.92. The van der Waals surface area contributed by atoms with Gasteiger partial charge in [0.15, 0.2) is 0 Å². The molecule has 1 atom stereocenters. The number of aromatic nitrogens is 2. The minimum Gasteiger partial charge on any atom is -0.497 e. The molecule has 7 nitrogen and oxygen atoms in total. The molecule has 2 aromatic heterocycles. The van der Waals surface area contributed by atoms with Crippen LogP contribution in [0.1, 0.15) is 26.7 Å². The van der Waals surface area contributed by atoms with E-state index in [1.807, 2.05) is 35.7 Å². The summed E-state index contributed by atoms with van der Waals surface area (Å²) in [6, 6.07) is 9.30. The minimum absolute atomic E-state index is 0.0743. The van der Waals surface area contributed by atoms with E-state index >= 15 is 0 Å². The molecule has 4 rings (SSSR count). The average Bonchev–Trinajstić information content (AvgIpc) is 3.26. The number of carbonyl (C=O) groups excluding carboxylic acids is 1. The zero-order chi connectivity index (χ0) is 22.0. The zero-order valence-corrected chi connectivity index (χ0v) is 18.9. The first-order valence-electron chi connectivity index (χ1n) is 10.6. The molecule has 3 aromatic rings. The molecule has 0 spiro atoms. The van der Waals surface area contributed by atoms with Gasteiger partial charge in [-0.3, -0.25) is 9.59 Å². The van der Waals surface area contributed by atoms with Crippen molar-refractivity contribution in [2.24, 2.45) is 11.8 Å². The van der Waals surface area contributed by atoms with Gasteiger partial charge in [-0.05, 0) is 42.3 Å². The van der Waals surface area contributed by atoms with Crippen LogP contribution in [-0.4, -0.2) is 42.2 Å². The Hall–Kier alpha value is -2.87.